The van der Waals surface area contributed by atoms with Crippen LogP contribution >= 0.6 is 0 Å². The molecule has 6 nitrogen and oxygen atoms in total. The van der Waals surface area contributed by atoms with Crippen LogP contribution in [0, 0.1) is 0 Å². The highest BCUT2D eigenvalue weighted by Crippen LogP contribution is 2.20. The van der Waals surface area contributed by atoms with Gasteiger partial charge in [-0.25, -0.2) is 14.5 Å². The molecule has 120 valence electrons. The molecule has 0 heterocycles. The van der Waals surface area contributed by atoms with Crippen molar-refractivity contribution in [3.8, 4) is 0 Å². The van der Waals surface area contributed by atoms with Crippen molar-refractivity contribution in [3.05, 3.63) is 35.4 Å². The van der Waals surface area contributed by atoms with Gasteiger partial charge in [0.2, 0.25) is 0 Å². The van der Waals surface area contributed by atoms with E-state index < -0.39 is 12.1 Å². The Labute approximate surface area is 129 Å². The predicted molar refractivity (Wildman–Crippen MR) is 76.8 cm³/mol. The maximum Gasteiger partial charge on any atom is 0.543 e. The van der Waals surface area contributed by atoms with E-state index in [-0.39, 0.29) is 6.10 Å². The molecule has 1 fully saturated rings. The van der Waals surface area contributed by atoms with E-state index in [4.69, 9.17) is 4.74 Å². The number of carbonyl (C=O) groups is 2. The van der Waals surface area contributed by atoms with E-state index in [2.05, 4.69) is 14.8 Å². The lowest BCUT2D eigenvalue weighted by atomic mass is 9.98. The molecule has 0 amide bonds. The molecule has 0 aromatic heterocycles. The van der Waals surface area contributed by atoms with Crippen LogP contribution in [0.25, 0.3) is 0 Å². The van der Waals surface area contributed by atoms with Crippen LogP contribution in [0.15, 0.2) is 24.3 Å². The highest BCUT2D eigenvalue weighted by atomic mass is 17.5. The van der Waals surface area contributed by atoms with E-state index in [1.165, 1.54) is 0 Å². The Morgan fingerprint density at radius 2 is 1.73 bits per heavy atom. The van der Waals surface area contributed by atoms with Crippen molar-refractivity contribution in [1.29, 1.82) is 0 Å². The van der Waals surface area contributed by atoms with Gasteiger partial charge in [-0.2, -0.15) is 0 Å². The number of ether oxygens (including phenoxy) is 1. The summed E-state index contributed by atoms with van der Waals surface area (Å²) >= 11 is 0. The van der Waals surface area contributed by atoms with Crippen molar-refractivity contribution in [2.45, 2.75) is 51.6 Å². The molecule has 0 saturated heterocycles. The molecule has 2 rings (SSSR count). The molecular formula is C16H20O6. The predicted octanol–water partition coefficient (Wildman–Crippen LogP) is 3.74. The lowest BCUT2D eigenvalue weighted by molar-refractivity contribution is -0.453. The van der Waals surface area contributed by atoms with E-state index in [1.807, 2.05) is 19.1 Å². The van der Waals surface area contributed by atoms with E-state index in [1.54, 1.807) is 12.1 Å². The fourth-order valence-corrected chi connectivity index (χ4v) is 2.34. The molecule has 1 aliphatic carbocycles. The van der Waals surface area contributed by atoms with Crippen LogP contribution in [0.1, 0.15) is 54.9 Å². The second-order valence-corrected chi connectivity index (χ2v) is 5.20. The van der Waals surface area contributed by atoms with Crippen molar-refractivity contribution >= 4 is 12.1 Å². The highest BCUT2D eigenvalue weighted by molar-refractivity contribution is 5.88. The van der Waals surface area contributed by atoms with Crippen LogP contribution in [-0.4, -0.2) is 18.2 Å². The number of hydrogen-bond donors (Lipinski definition) is 0. The lowest BCUT2D eigenvalue weighted by Gasteiger charge is -2.20. The number of aryl methyl sites for hydroxylation is 1. The van der Waals surface area contributed by atoms with Crippen molar-refractivity contribution in [2.75, 3.05) is 0 Å². The summed E-state index contributed by atoms with van der Waals surface area (Å²) in [6, 6.07) is 6.86. The van der Waals surface area contributed by atoms with E-state index >= 15 is 0 Å². The minimum Gasteiger partial charge on any atom is -0.429 e. The third-order valence-electron chi connectivity index (χ3n) is 3.62. The molecule has 0 unspecified atom stereocenters. The standard InChI is InChI=1S/C16H20O6/c1-2-12-8-10-13(11-9-12)15(17)20-22-21-16(18)19-14-6-4-3-5-7-14/h8-11,14H,2-7H2,1H3. The van der Waals surface area contributed by atoms with Crippen LogP contribution in [0.2, 0.25) is 0 Å². The van der Waals surface area contributed by atoms with Crippen molar-refractivity contribution < 1.29 is 29.1 Å². The second-order valence-electron chi connectivity index (χ2n) is 5.20. The molecular weight excluding hydrogens is 288 g/mol. The summed E-state index contributed by atoms with van der Waals surface area (Å²) in [7, 11) is 0. The first-order valence-electron chi connectivity index (χ1n) is 7.54. The topological polar surface area (TPSA) is 71.1 Å². The summed E-state index contributed by atoms with van der Waals surface area (Å²) < 4.78 is 5.03. The van der Waals surface area contributed by atoms with Crippen LogP contribution < -0.4 is 0 Å². The van der Waals surface area contributed by atoms with Gasteiger partial charge in [0, 0.05) is 0 Å². The molecule has 1 aliphatic rings. The van der Waals surface area contributed by atoms with Gasteiger partial charge >= 0.3 is 12.1 Å². The first-order valence-corrected chi connectivity index (χ1v) is 7.54. The number of rotatable bonds is 5. The van der Waals surface area contributed by atoms with Gasteiger partial charge in [-0.15, -0.1) is 0 Å². The van der Waals surface area contributed by atoms with Gasteiger partial charge in [-0.1, -0.05) is 25.5 Å². The fraction of sp³-hybridized carbons (Fsp3) is 0.500. The Morgan fingerprint density at radius 1 is 1.05 bits per heavy atom. The third kappa shape index (κ3) is 5.04. The molecule has 0 N–H and O–H groups in total. The summed E-state index contributed by atoms with van der Waals surface area (Å²) in [6.45, 7) is 2.02. The second kappa shape index (κ2) is 8.38. The Balaban J connectivity index is 1.68. The Morgan fingerprint density at radius 3 is 2.36 bits per heavy atom. The molecule has 1 saturated carbocycles. The summed E-state index contributed by atoms with van der Waals surface area (Å²) in [5, 5.41) is 4.19. The van der Waals surface area contributed by atoms with Gasteiger partial charge in [0.1, 0.15) is 6.10 Å². The fourth-order valence-electron chi connectivity index (χ4n) is 2.34. The van der Waals surface area contributed by atoms with Crippen LogP contribution in [0.5, 0.6) is 0 Å². The molecule has 0 bridgehead atoms. The summed E-state index contributed by atoms with van der Waals surface area (Å²) in [6.07, 6.45) is 4.57. The highest BCUT2D eigenvalue weighted by Gasteiger charge is 2.20. The van der Waals surface area contributed by atoms with E-state index in [0.29, 0.717) is 5.56 Å². The number of hydrogen-bond acceptors (Lipinski definition) is 6. The SMILES string of the molecule is CCc1ccc(C(=O)OOOC(=O)OC2CCCCC2)cc1. The van der Waals surface area contributed by atoms with Crippen molar-refractivity contribution in [2.24, 2.45) is 0 Å². The molecule has 1 aromatic carbocycles. The van der Waals surface area contributed by atoms with E-state index in [9.17, 15) is 9.59 Å². The Hall–Kier alpha value is -2.08. The lowest BCUT2D eigenvalue weighted by Crippen LogP contribution is -2.22. The minimum atomic E-state index is -0.999. The van der Waals surface area contributed by atoms with Crippen molar-refractivity contribution in [3.63, 3.8) is 0 Å². The zero-order valence-corrected chi connectivity index (χ0v) is 12.6. The average molecular weight is 308 g/mol. The quantitative estimate of drug-likeness (QED) is 0.469. The summed E-state index contributed by atoms with van der Waals surface area (Å²) in [5.74, 6) is -0.742. The largest absolute Gasteiger partial charge is 0.543 e. The van der Waals surface area contributed by atoms with Gasteiger partial charge in [0.25, 0.3) is 0 Å². The number of benzene rings is 1. The van der Waals surface area contributed by atoms with E-state index in [0.717, 1.165) is 44.1 Å². The zero-order valence-electron chi connectivity index (χ0n) is 12.6. The van der Waals surface area contributed by atoms with Crippen LogP contribution in [0.3, 0.4) is 0 Å². The average Bonchev–Trinajstić information content (AvgIpc) is 2.55. The monoisotopic (exact) mass is 308 g/mol. The molecule has 0 atom stereocenters. The zero-order chi connectivity index (χ0) is 15.8. The Kier molecular flexibility index (Phi) is 6.21. The molecule has 6 heteroatoms. The maximum atomic E-state index is 11.6. The van der Waals surface area contributed by atoms with Gasteiger partial charge < -0.3 is 4.74 Å². The van der Waals surface area contributed by atoms with Crippen molar-refractivity contribution in [1.82, 2.24) is 0 Å². The molecule has 0 radical (unpaired) electrons. The molecule has 22 heavy (non-hydrogen) atoms. The van der Waals surface area contributed by atoms with Gasteiger partial charge in [-0.3, -0.25) is 4.89 Å². The van der Waals surface area contributed by atoms with Gasteiger partial charge in [0.15, 0.2) is 0 Å². The number of carbonyl (C=O) groups excluding carboxylic acids is 2. The third-order valence-corrected chi connectivity index (χ3v) is 3.62. The summed E-state index contributed by atoms with van der Waals surface area (Å²) in [5.41, 5.74) is 1.41. The smallest absolute Gasteiger partial charge is 0.429 e. The summed E-state index contributed by atoms with van der Waals surface area (Å²) in [4.78, 5) is 31.7. The first kappa shape index (κ1) is 16.3. The molecule has 0 spiro atoms. The van der Waals surface area contributed by atoms with Crippen LogP contribution in [0.4, 0.5) is 4.79 Å². The molecule has 0 aliphatic heterocycles. The minimum absolute atomic E-state index is 0.151. The Bertz CT molecular complexity index is 490. The maximum absolute atomic E-state index is 11.6. The van der Waals surface area contributed by atoms with Gasteiger partial charge in [-0.05, 0) is 49.8 Å². The normalized spacial score (nSPS) is 15.1. The van der Waals surface area contributed by atoms with Gasteiger partial charge in [0.05, 0.1) is 10.6 Å². The molecule has 1 aromatic rings. The first-order chi connectivity index (χ1) is 10.7. The van der Waals surface area contributed by atoms with Crippen LogP contribution in [-0.2, 0) is 26.0 Å².